The molecule has 0 aromatic carbocycles. The van der Waals surface area contributed by atoms with Crippen molar-refractivity contribution in [2.24, 2.45) is 17.8 Å². The zero-order chi connectivity index (χ0) is 17.8. The van der Waals surface area contributed by atoms with Gasteiger partial charge in [-0.15, -0.1) is 0 Å². The van der Waals surface area contributed by atoms with Crippen molar-refractivity contribution < 1.29 is 14.3 Å². The number of carbonyl (C=O) groups excluding carboxylic acids is 2. The summed E-state index contributed by atoms with van der Waals surface area (Å²) in [6, 6.07) is -0.358. The topological polar surface area (TPSA) is 58.6 Å². The summed E-state index contributed by atoms with van der Waals surface area (Å²) in [6.07, 6.45) is 8.79. The lowest BCUT2D eigenvalue weighted by Crippen LogP contribution is -2.62. The fraction of sp³-hybridized carbons (Fsp3) is 0.900. The van der Waals surface area contributed by atoms with Crippen molar-refractivity contribution in [3.05, 3.63) is 0 Å². The van der Waals surface area contributed by atoms with Crippen LogP contribution in [0.25, 0.3) is 0 Å². The van der Waals surface area contributed by atoms with Gasteiger partial charge in [0.05, 0.1) is 0 Å². The van der Waals surface area contributed by atoms with Gasteiger partial charge < -0.3 is 10.1 Å². The van der Waals surface area contributed by atoms with E-state index in [1.54, 1.807) is 4.90 Å². The number of hydrogen-bond acceptors (Lipinski definition) is 3. The molecule has 5 fully saturated rings. The van der Waals surface area contributed by atoms with E-state index in [1.165, 1.54) is 19.3 Å². The Kier molecular flexibility index (Phi) is 4.04. The first-order chi connectivity index (χ1) is 11.7. The SMILES string of the molecule is CC(C)(C)OC(=O)N1CCC[C@@H]1C(=O)NC12CC3CC(CC(C3)C1)C2. The third-order valence-corrected chi connectivity index (χ3v) is 6.61. The lowest BCUT2D eigenvalue weighted by molar-refractivity contribution is -0.131. The molecule has 0 radical (unpaired) electrons. The Labute approximate surface area is 150 Å². The van der Waals surface area contributed by atoms with Crippen LogP contribution in [0.15, 0.2) is 0 Å². The first-order valence-electron chi connectivity index (χ1n) is 10.0. The first-order valence-corrected chi connectivity index (χ1v) is 10.0. The van der Waals surface area contributed by atoms with Crippen LogP contribution in [0.2, 0.25) is 0 Å². The molecule has 0 aromatic rings. The van der Waals surface area contributed by atoms with Gasteiger partial charge in [0, 0.05) is 12.1 Å². The van der Waals surface area contributed by atoms with Crippen LogP contribution < -0.4 is 5.32 Å². The van der Waals surface area contributed by atoms with Gasteiger partial charge in [-0.2, -0.15) is 0 Å². The van der Waals surface area contributed by atoms with Gasteiger partial charge in [0.1, 0.15) is 11.6 Å². The van der Waals surface area contributed by atoms with Gasteiger partial charge in [0.25, 0.3) is 0 Å². The quantitative estimate of drug-likeness (QED) is 0.831. The fourth-order valence-corrected chi connectivity index (χ4v) is 6.19. The van der Waals surface area contributed by atoms with E-state index in [2.05, 4.69) is 5.32 Å². The molecule has 4 bridgehead atoms. The fourth-order valence-electron chi connectivity index (χ4n) is 6.19. The highest BCUT2D eigenvalue weighted by Crippen LogP contribution is 2.55. The summed E-state index contributed by atoms with van der Waals surface area (Å²) < 4.78 is 5.50. The average molecular weight is 348 g/mol. The second kappa shape index (κ2) is 5.88. The Bertz CT molecular complexity index is 530. The Morgan fingerprint density at radius 3 is 2.12 bits per heavy atom. The molecule has 2 amide bonds. The van der Waals surface area contributed by atoms with Gasteiger partial charge in [-0.05, 0) is 89.9 Å². The average Bonchev–Trinajstić information content (AvgIpc) is 2.92. The van der Waals surface area contributed by atoms with Crippen LogP contribution in [0, 0.1) is 17.8 Å². The smallest absolute Gasteiger partial charge is 0.410 e. The summed E-state index contributed by atoms with van der Waals surface area (Å²) in [4.78, 5) is 27.2. The van der Waals surface area contributed by atoms with E-state index in [9.17, 15) is 9.59 Å². The maximum absolute atomic E-state index is 13.0. The lowest BCUT2D eigenvalue weighted by atomic mass is 9.53. The van der Waals surface area contributed by atoms with Crippen molar-refractivity contribution in [3.63, 3.8) is 0 Å². The molecule has 1 aliphatic heterocycles. The summed E-state index contributed by atoms with van der Waals surface area (Å²) in [5.41, 5.74) is -0.519. The summed E-state index contributed by atoms with van der Waals surface area (Å²) in [7, 11) is 0. The molecule has 1 N–H and O–H groups in total. The molecular weight excluding hydrogens is 316 g/mol. The number of ether oxygens (including phenoxy) is 1. The van der Waals surface area contributed by atoms with Gasteiger partial charge >= 0.3 is 6.09 Å². The molecule has 1 atom stereocenters. The molecule has 1 heterocycles. The molecule has 0 aromatic heterocycles. The molecule has 1 saturated heterocycles. The van der Waals surface area contributed by atoms with E-state index in [0.717, 1.165) is 49.9 Å². The van der Waals surface area contributed by atoms with Crippen molar-refractivity contribution in [3.8, 4) is 0 Å². The Morgan fingerprint density at radius 2 is 1.60 bits per heavy atom. The van der Waals surface area contributed by atoms with Crippen LogP contribution in [0.4, 0.5) is 4.79 Å². The largest absolute Gasteiger partial charge is 0.444 e. The Morgan fingerprint density at radius 1 is 1.04 bits per heavy atom. The standard InChI is InChI=1S/C20H32N2O3/c1-19(2,3)25-18(24)22-6-4-5-16(22)17(23)21-20-10-13-7-14(11-20)9-15(8-13)12-20/h13-16H,4-12H2,1-3H3,(H,21,23)/t13?,14?,15?,16-,20?/m1/s1. The molecule has 4 aliphatic carbocycles. The number of nitrogens with zero attached hydrogens (tertiary/aromatic N) is 1. The van der Waals surface area contributed by atoms with Gasteiger partial charge in [0.15, 0.2) is 0 Å². The zero-order valence-electron chi connectivity index (χ0n) is 15.8. The second-order valence-electron chi connectivity index (χ2n) is 10.0. The number of nitrogens with one attached hydrogen (secondary N) is 1. The van der Waals surface area contributed by atoms with Crippen molar-refractivity contribution in [2.45, 2.75) is 89.3 Å². The van der Waals surface area contributed by atoms with Crippen molar-refractivity contribution in [1.29, 1.82) is 0 Å². The second-order valence-corrected chi connectivity index (χ2v) is 10.0. The van der Waals surface area contributed by atoms with Gasteiger partial charge in [-0.1, -0.05) is 0 Å². The number of rotatable bonds is 2. The molecule has 140 valence electrons. The molecule has 5 rings (SSSR count). The summed E-state index contributed by atoms with van der Waals surface area (Å²) in [5.74, 6) is 2.46. The minimum absolute atomic E-state index is 0.00796. The highest BCUT2D eigenvalue weighted by atomic mass is 16.6. The van der Waals surface area contributed by atoms with E-state index in [1.807, 2.05) is 20.8 Å². The molecule has 0 unspecified atom stereocenters. The number of likely N-dealkylation sites (tertiary alicyclic amines) is 1. The van der Waals surface area contributed by atoms with Gasteiger partial charge in [0.2, 0.25) is 5.91 Å². The minimum Gasteiger partial charge on any atom is -0.444 e. The summed E-state index contributed by atoms with van der Waals surface area (Å²) >= 11 is 0. The van der Waals surface area contributed by atoms with E-state index >= 15 is 0 Å². The highest BCUT2D eigenvalue weighted by Gasteiger charge is 2.52. The normalized spacial score (nSPS) is 39.6. The predicted octanol–water partition coefficient (Wildman–Crippen LogP) is 3.47. The van der Waals surface area contributed by atoms with Crippen LogP contribution in [0.1, 0.15) is 72.1 Å². The third-order valence-electron chi connectivity index (χ3n) is 6.61. The molecule has 5 heteroatoms. The predicted molar refractivity (Wildman–Crippen MR) is 95.0 cm³/mol. The Balaban J connectivity index is 1.43. The molecular formula is C20H32N2O3. The molecule has 0 spiro atoms. The van der Waals surface area contributed by atoms with Gasteiger partial charge in [-0.3, -0.25) is 9.69 Å². The van der Waals surface area contributed by atoms with Crippen molar-refractivity contribution in [2.75, 3.05) is 6.54 Å². The van der Waals surface area contributed by atoms with Crippen LogP contribution >= 0.6 is 0 Å². The molecule has 25 heavy (non-hydrogen) atoms. The zero-order valence-corrected chi connectivity index (χ0v) is 15.8. The summed E-state index contributed by atoms with van der Waals surface area (Å²) in [6.45, 7) is 6.22. The van der Waals surface area contributed by atoms with E-state index in [-0.39, 0.29) is 23.6 Å². The third kappa shape index (κ3) is 3.39. The monoisotopic (exact) mass is 348 g/mol. The minimum atomic E-state index is -0.527. The van der Waals surface area contributed by atoms with Crippen LogP contribution in [0.3, 0.4) is 0 Å². The molecule has 5 aliphatic rings. The Hall–Kier alpha value is -1.26. The van der Waals surface area contributed by atoms with Crippen LogP contribution in [-0.4, -0.2) is 40.6 Å². The van der Waals surface area contributed by atoms with E-state index in [0.29, 0.717) is 6.54 Å². The first kappa shape index (κ1) is 17.2. The van der Waals surface area contributed by atoms with Crippen molar-refractivity contribution >= 4 is 12.0 Å². The van der Waals surface area contributed by atoms with E-state index in [4.69, 9.17) is 4.74 Å². The number of amides is 2. The maximum Gasteiger partial charge on any atom is 0.410 e. The van der Waals surface area contributed by atoms with E-state index < -0.39 is 5.60 Å². The number of carbonyl (C=O) groups is 2. The van der Waals surface area contributed by atoms with Crippen LogP contribution in [-0.2, 0) is 9.53 Å². The highest BCUT2D eigenvalue weighted by molar-refractivity contribution is 5.86. The summed E-state index contributed by atoms with van der Waals surface area (Å²) in [5, 5.41) is 3.43. The number of hydrogen-bond donors (Lipinski definition) is 1. The van der Waals surface area contributed by atoms with Crippen LogP contribution in [0.5, 0.6) is 0 Å². The van der Waals surface area contributed by atoms with Crippen molar-refractivity contribution in [1.82, 2.24) is 10.2 Å². The van der Waals surface area contributed by atoms with Gasteiger partial charge in [-0.25, -0.2) is 4.79 Å². The maximum atomic E-state index is 13.0. The molecule has 5 nitrogen and oxygen atoms in total. The lowest BCUT2D eigenvalue weighted by Gasteiger charge is -2.57. The molecule has 4 saturated carbocycles.